The lowest BCUT2D eigenvalue weighted by Crippen LogP contribution is -2.54. The van der Waals surface area contributed by atoms with Gasteiger partial charge < -0.3 is 14.5 Å². The van der Waals surface area contributed by atoms with Crippen molar-refractivity contribution in [3.8, 4) is 0 Å². The highest BCUT2D eigenvalue weighted by Gasteiger charge is 2.63. The molecule has 0 aromatic heterocycles. The number of carbonyl (C=O) groups is 3. The highest BCUT2D eigenvalue weighted by molar-refractivity contribution is 6.25. The third kappa shape index (κ3) is 3.13. The van der Waals surface area contributed by atoms with Crippen LogP contribution in [0.2, 0.25) is 0 Å². The number of carbonyl (C=O) groups excluding carboxylic acids is 3. The zero-order chi connectivity index (χ0) is 24.3. The average molecular weight is 472 g/mol. The number of rotatable bonds is 4. The van der Waals surface area contributed by atoms with Crippen molar-refractivity contribution in [3.63, 3.8) is 0 Å². The molecule has 0 aliphatic carbocycles. The number of urea groups is 1. The lowest BCUT2D eigenvalue weighted by Gasteiger charge is -2.34. The maximum Gasteiger partial charge on any atom is 0.410 e. The van der Waals surface area contributed by atoms with E-state index >= 15 is 0 Å². The summed E-state index contributed by atoms with van der Waals surface area (Å²) >= 11 is 0. The number of fused-ring (bicyclic) bond motifs is 6. The number of anilines is 1. The fourth-order valence-electron chi connectivity index (χ4n) is 5.51. The number of hydrogen-bond donors (Lipinski definition) is 0. The molecular formula is C25H20N4O6. The first-order chi connectivity index (χ1) is 17.0. The standard InChI is InChI=1S/C25H20N4O6/c30-23-22-21-12-16(13-26(21)25(32)35-14-15-6-2-1-3-7-15)27(22)24(31)28(23)19-10-11-20(29(33)34)18-9-5-4-8-17(18)19/h1-11,16,21-22H,12-14H2/t16-,21-,22+/m0/s1. The Labute approximate surface area is 199 Å². The number of ether oxygens (including phenoxy) is 1. The molecule has 3 heterocycles. The topological polar surface area (TPSA) is 113 Å². The second-order valence-electron chi connectivity index (χ2n) is 8.86. The number of piperazine rings is 1. The number of hydrogen-bond acceptors (Lipinski definition) is 6. The molecule has 176 valence electrons. The molecule has 35 heavy (non-hydrogen) atoms. The highest BCUT2D eigenvalue weighted by atomic mass is 16.6. The lowest BCUT2D eigenvalue weighted by atomic mass is 10.0. The molecule has 6 rings (SSSR count). The van der Waals surface area contributed by atoms with Crippen LogP contribution in [-0.4, -0.2) is 57.4 Å². The van der Waals surface area contributed by atoms with E-state index in [0.717, 1.165) is 10.5 Å². The molecule has 0 spiro atoms. The number of amides is 4. The molecular weight excluding hydrogens is 452 g/mol. The van der Waals surface area contributed by atoms with Crippen LogP contribution in [0.5, 0.6) is 0 Å². The van der Waals surface area contributed by atoms with Gasteiger partial charge in [0.05, 0.1) is 28.1 Å². The van der Waals surface area contributed by atoms with Gasteiger partial charge in [0.15, 0.2) is 0 Å². The van der Waals surface area contributed by atoms with Gasteiger partial charge in [-0.2, -0.15) is 0 Å². The number of non-ortho nitro benzene ring substituents is 1. The molecule has 4 amide bonds. The number of nitrogens with zero attached hydrogens (tertiary/aromatic N) is 4. The van der Waals surface area contributed by atoms with Crippen molar-refractivity contribution in [2.24, 2.45) is 0 Å². The van der Waals surface area contributed by atoms with Crippen LogP contribution in [0.25, 0.3) is 10.8 Å². The molecule has 2 bridgehead atoms. The Hall–Kier alpha value is -4.47. The molecule has 10 nitrogen and oxygen atoms in total. The van der Waals surface area contributed by atoms with Gasteiger partial charge in [-0.25, -0.2) is 14.5 Å². The molecule has 0 saturated carbocycles. The van der Waals surface area contributed by atoms with Crippen molar-refractivity contribution in [1.29, 1.82) is 0 Å². The summed E-state index contributed by atoms with van der Waals surface area (Å²) in [6.07, 6.45) is -0.00210. The predicted octanol–water partition coefficient (Wildman–Crippen LogP) is 3.68. The van der Waals surface area contributed by atoms with Crippen molar-refractivity contribution in [2.45, 2.75) is 31.2 Å². The second-order valence-corrected chi connectivity index (χ2v) is 8.86. The second kappa shape index (κ2) is 7.79. The maximum atomic E-state index is 13.5. The number of nitro benzene ring substituents is 1. The molecule has 3 aromatic carbocycles. The Bertz CT molecular complexity index is 1390. The summed E-state index contributed by atoms with van der Waals surface area (Å²) < 4.78 is 5.47. The molecule has 3 saturated heterocycles. The normalized spacial score (nSPS) is 22.7. The van der Waals surface area contributed by atoms with Crippen LogP contribution in [0, 0.1) is 10.1 Å². The maximum absolute atomic E-state index is 13.5. The zero-order valence-corrected chi connectivity index (χ0v) is 18.4. The van der Waals surface area contributed by atoms with Crippen molar-refractivity contribution in [2.75, 3.05) is 11.4 Å². The van der Waals surface area contributed by atoms with E-state index in [2.05, 4.69) is 0 Å². The highest BCUT2D eigenvalue weighted by Crippen LogP contribution is 2.44. The van der Waals surface area contributed by atoms with Gasteiger partial charge in [0.1, 0.15) is 12.6 Å². The van der Waals surface area contributed by atoms with Crippen LogP contribution in [0.1, 0.15) is 12.0 Å². The fraction of sp³-hybridized carbons (Fsp3) is 0.240. The van der Waals surface area contributed by atoms with Crippen LogP contribution in [0.15, 0.2) is 66.7 Å². The van der Waals surface area contributed by atoms with Crippen molar-refractivity contribution in [3.05, 3.63) is 82.4 Å². The number of imide groups is 1. The van der Waals surface area contributed by atoms with Crippen LogP contribution < -0.4 is 4.90 Å². The molecule has 10 heteroatoms. The Morgan fingerprint density at radius 1 is 1.00 bits per heavy atom. The Morgan fingerprint density at radius 3 is 2.46 bits per heavy atom. The van der Waals surface area contributed by atoms with Crippen LogP contribution >= 0.6 is 0 Å². The first-order valence-corrected chi connectivity index (χ1v) is 11.3. The van der Waals surface area contributed by atoms with Gasteiger partial charge in [-0.1, -0.05) is 48.5 Å². The monoisotopic (exact) mass is 472 g/mol. The van der Waals surface area contributed by atoms with Gasteiger partial charge >= 0.3 is 12.1 Å². The van der Waals surface area contributed by atoms with E-state index in [9.17, 15) is 24.5 Å². The molecule has 3 fully saturated rings. The molecule has 3 aliphatic heterocycles. The average Bonchev–Trinajstić information content (AvgIpc) is 3.54. The Kier molecular flexibility index (Phi) is 4.70. The van der Waals surface area contributed by atoms with E-state index in [1.165, 1.54) is 17.0 Å². The van der Waals surface area contributed by atoms with Gasteiger partial charge in [0.25, 0.3) is 11.6 Å². The molecule has 0 radical (unpaired) electrons. The van der Waals surface area contributed by atoms with Crippen LogP contribution in [-0.2, 0) is 16.1 Å². The smallest absolute Gasteiger partial charge is 0.410 e. The minimum Gasteiger partial charge on any atom is -0.445 e. The number of benzene rings is 3. The van der Waals surface area contributed by atoms with E-state index in [-0.39, 0.29) is 18.3 Å². The minimum atomic E-state index is -0.806. The summed E-state index contributed by atoms with van der Waals surface area (Å²) in [5.41, 5.74) is 1.06. The van der Waals surface area contributed by atoms with E-state index < -0.39 is 35.0 Å². The first-order valence-electron chi connectivity index (χ1n) is 11.3. The largest absolute Gasteiger partial charge is 0.445 e. The summed E-state index contributed by atoms with van der Waals surface area (Å²) in [7, 11) is 0. The fourth-order valence-corrected chi connectivity index (χ4v) is 5.51. The SMILES string of the molecule is O=C1[C@H]2[C@@H]3C[C@@H](CN3C(=O)OCc3ccccc3)N2C(=O)N1c1ccc([N+](=O)[O-])c2ccccc12. The zero-order valence-electron chi connectivity index (χ0n) is 18.4. The summed E-state index contributed by atoms with van der Waals surface area (Å²) in [6, 6.07) is 16.6. The van der Waals surface area contributed by atoms with Gasteiger partial charge in [-0.05, 0) is 24.1 Å². The summed E-state index contributed by atoms with van der Waals surface area (Å²) in [5.74, 6) is -0.443. The quantitative estimate of drug-likeness (QED) is 0.325. The molecule has 0 N–H and O–H groups in total. The predicted molar refractivity (Wildman–Crippen MR) is 125 cm³/mol. The molecule has 3 aromatic rings. The molecule has 3 aliphatic rings. The summed E-state index contributed by atoms with van der Waals surface area (Å²) in [4.78, 5) is 54.9. The van der Waals surface area contributed by atoms with Gasteiger partial charge in [0.2, 0.25) is 0 Å². The van der Waals surface area contributed by atoms with E-state index in [1.54, 1.807) is 29.2 Å². The van der Waals surface area contributed by atoms with Gasteiger partial charge in [-0.15, -0.1) is 0 Å². The summed E-state index contributed by atoms with van der Waals surface area (Å²) in [6.45, 7) is 0.415. The van der Waals surface area contributed by atoms with Crippen molar-refractivity contribution >= 4 is 40.2 Å². The third-order valence-electron chi connectivity index (χ3n) is 7.02. The van der Waals surface area contributed by atoms with Gasteiger partial charge in [-0.3, -0.25) is 14.9 Å². The first kappa shape index (κ1) is 21.1. The summed E-state index contributed by atoms with van der Waals surface area (Å²) in [5, 5.41) is 12.3. The molecule has 3 atom stereocenters. The molecule has 0 unspecified atom stereocenters. The minimum absolute atomic E-state index is 0.101. The Morgan fingerprint density at radius 2 is 1.71 bits per heavy atom. The lowest BCUT2D eigenvalue weighted by molar-refractivity contribution is -0.383. The Balaban J connectivity index is 1.28. The van der Waals surface area contributed by atoms with Crippen LogP contribution in [0.3, 0.4) is 0 Å². The van der Waals surface area contributed by atoms with E-state index in [0.29, 0.717) is 29.4 Å². The number of nitro groups is 1. The van der Waals surface area contributed by atoms with Crippen molar-refractivity contribution < 1.29 is 24.0 Å². The number of likely N-dealkylation sites (tertiary alicyclic amines) is 1. The van der Waals surface area contributed by atoms with E-state index in [1.807, 2.05) is 30.3 Å². The van der Waals surface area contributed by atoms with Crippen LogP contribution in [0.4, 0.5) is 21.0 Å². The van der Waals surface area contributed by atoms with Gasteiger partial charge in [0, 0.05) is 18.0 Å². The van der Waals surface area contributed by atoms with Crippen molar-refractivity contribution in [1.82, 2.24) is 9.80 Å². The third-order valence-corrected chi connectivity index (χ3v) is 7.02. The van der Waals surface area contributed by atoms with E-state index in [4.69, 9.17) is 4.74 Å².